The normalized spacial score (nSPS) is 23.0. The van der Waals surface area contributed by atoms with Gasteiger partial charge in [0.15, 0.2) is 0 Å². The predicted molar refractivity (Wildman–Crippen MR) is 277 cm³/mol. The van der Waals surface area contributed by atoms with Crippen LogP contribution in [0.4, 0.5) is 9.59 Å². The van der Waals surface area contributed by atoms with Crippen LogP contribution in [0.2, 0.25) is 0 Å². The number of rotatable bonds is 12. The minimum atomic E-state index is -1.20. The second kappa shape index (κ2) is 20.2. The lowest BCUT2D eigenvalue weighted by molar-refractivity contribution is -0.149. The van der Waals surface area contributed by atoms with Crippen molar-refractivity contribution >= 4 is 46.2 Å². The number of thiophene rings is 1. The lowest BCUT2D eigenvalue weighted by Gasteiger charge is -2.38. The third kappa shape index (κ3) is 9.31. The van der Waals surface area contributed by atoms with Gasteiger partial charge < -0.3 is 48.8 Å². The fourth-order valence-corrected chi connectivity index (χ4v) is 13.4. The molecule has 0 radical (unpaired) electrons. The number of carbonyl (C=O) groups excluding carboxylic acids is 4. The Bertz CT molecular complexity index is 3090. The molecule has 2 aromatic carbocycles. The highest BCUT2D eigenvalue weighted by Gasteiger charge is 2.43. The summed E-state index contributed by atoms with van der Waals surface area (Å²) in [5.41, 5.74) is 9.05. The average Bonchev–Trinajstić information content (AvgIpc) is 4.24. The molecule has 4 amide bonds. The van der Waals surface area contributed by atoms with Gasteiger partial charge in [-0.2, -0.15) is 0 Å². The SMILES string of the molecule is COC(=O)NC(OC(C)C)C(=O)N1CCC[C@H]1c1ncc(-c2cc(C)c3c(c2)OC(c2cc4c(s2)CCC4)n2c-3cc3cc(-c4cnc([C@@H]5CCCN5C(=O)[C@@H](NC(=O)OC)C5C[C@@H](C)O[C@@H](C)C5)[nH]4)ccc32)[nH]1. The summed E-state index contributed by atoms with van der Waals surface area (Å²) in [6, 6.07) is 13.9. The molecule has 4 aromatic heterocycles. The number of ether oxygens (including phenoxy) is 5. The smallest absolute Gasteiger partial charge is 0.409 e. The Morgan fingerprint density at radius 1 is 0.797 bits per heavy atom. The molecular weight excluding hydrogens is 963 g/mol. The van der Waals surface area contributed by atoms with Gasteiger partial charge in [-0.15, -0.1) is 11.3 Å². The molecule has 74 heavy (non-hydrogen) atoms. The highest BCUT2D eigenvalue weighted by Crippen LogP contribution is 2.50. The number of nitrogens with one attached hydrogen (secondary N) is 4. The number of imidazole rings is 2. The molecule has 390 valence electrons. The predicted octanol–water partition coefficient (Wildman–Crippen LogP) is 9.25. The molecule has 1 aliphatic carbocycles. The number of alkyl carbamates (subject to hydrolysis) is 2. The minimum Gasteiger partial charge on any atom is -0.464 e. The molecule has 3 fully saturated rings. The Labute approximate surface area is 433 Å². The van der Waals surface area contributed by atoms with Crippen LogP contribution in [0.1, 0.15) is 123 Å². The van der Waals surface area contributed by atoms with Crippen molar-refractivity contribution in [3.8, 4) is 39.5 Å². The Hall–Kier alpha value is -6.70. The van der Waals surface area contributed by atoms with Crippen LogP contribution in [-0.4, -0.2) is 116 Å². The van der Waals surface area contributed by atoms with Gasteiger partial charge in [0.1, 0.15) is 23.4 Å². The number of aryl methyl sites for hydroxylation is 3. The van der Waals surface area contributed by atoms with Gasteiger partial charge >= 0.3 is 12.2 Å². The molecule has 0 saturated carbocycles. The third-order valence-corrected chi connectivity index (χ3v) is 16.7. The number of methoxy groups -OCH3 is 2. The van der Waals surface area contributed by atoms with E-state index in [9.17, 15) is 19.2 Å². The Morgan fingerprint density at radius 3 is 2.12 bits per heavy atom. The molecule has 3 saturated heterocycles. The standard InChI is InChI=1S/C55H65N9O9S/c1-28(2)71-50(61-55(68)70-7)52(66)63-18-10-13-41(63)49-57-27-38(59-49)34-19-29(3)46-42-23-35-22-32(15-16-39(35)64(42)53(73-43(46)24-34)45-25-33-11-8-14-44(33)74-45)37-26-56-48(58-37)40-12-9-17-62(40)51(65)47(60-54(67)69-6)36-20-30(4)72-31(5)21-36/h15-16,19,22-28,30-31,36,40-41,47,50,53H,8-14,17-18,20-21H2,1-7H3,(H,56,58)(H,57,59)(H,60,67)(H,61,68)/t30-,31+,36?,40-,41-,47-,50?,53?/m0/s1. The van der Waals surface area contributed by atoms with Gasteiger partial charge in [0.25, 0.3) is 5.91 Å². The average molecular weight is 1030 g/mol. The molecule has 11 rings (SSSR count). The fourth-order valence-electron chi connectivity index (χ4n) is 12.2. The minimum absolute atomic E-state index is 0.0332. The van der Waals surface area contributed by atoms with E-state index in [1.165, 1.54) is 31.1 Å². The molecule has 4 aliphatic heterocycles. The second-order valence-electron chi connectivity index (χ2n) is 20.8. The summed E-state index contributed by atoms with van der Waals surface area (Å²) in [5.74, 6) is 1.55. The number of amides is 4. The van der Waals surface area contributed by atoms with Gasteiger partial charge in [-0.1, -0.05) is 6.07 Å². The zero-order valence-corrected chi connectivity index (χ0v) is 43.8. The summed E-state index contributed by atoms with van der Waals surface area (Å²) in [4.78, 5) is 76.2. The Balaban J connectivity index is 0.892. The summed E-state index contributed by atoms with van der Waals surface area (Å²) in [6.07, 6.45) is 7.97. The topological polar surface area (TPSA) is 207 Å². The number of aromatic nitrogens is 5. The lowest BCUT2D eigenvalue weighted by Crippen LogP contribution is -2.54. The number of hydrogen-bond donors (Lipinski definition) is 4. The third-order valence-electron chi connectivity index (χ3n) is 15.4. The van der Waals surface area contributed by atoms with E-state index in [1.54, 1.807) is 4.90 Å². The summed E-state index contributed by atoms with van der Waals surface area (Å²) < 4.78 is 31.1. The molecule has 3 unspecified atom stereocenters. The van der Waals surface area contributed by atoms with Crippen molar-refractivity contribution in [3.05, 3.63) is 87.4 Å². The molecule has 8 heterocycles. The van der Waals surface area contributed by atoms with Gasteiger partial charge in [-0.3, -0.25) is 19.5 Å². The molecule has 4 N–H and O–H groups in total. The zero-order valence-electron chi connectivity index (χ0n) is 43.0. The summed E-state index contributed by atoms with van der Waals surface area (Å²) >= 11 is 1.84. The van der Waals surface area contributed by atoms with Crippen molar-refractivity contribution in [1.29, 1.82) is 0 Å². The van der Waals surface area contributed by atoms with Crippen LogP contribution in [0, 0.1) is 12.8 Å². The quantitative estimate of drug-likeness (QED) is 0.0850. The number of likely N-dealkylation sites (tertiary alicyclic amines) is 2. The largest absolute Gasteiger partial charge is 0.464 e. The first-order valence-electron chi connectivity index (χ1n) is 26.0. The zero-order chi connectivity index (χ0) is 51.5. The highest BCUT2D eigenvalue weighted by molar-refractivity contribution is 7.12. The van der Waals surface area contributed by atoms with Crippen LogP contribution in [0.3, 0.4) is 0 Å². The van der Waals surface area contributed by atoms with E-state index in [-0.39, 0.29) is 48.1 Å². The van der Waals surface area contributed by atoms with Gasteiger partial charge in [0.05, 0.1) is 84.5 Å². The number of benzene rings is 2. The maximum absolute atomic E-state index is 14.5. The summed E-state index contributed by atoms with van der Waals surface area (Å²) in [6.45, 7) is 10.8. The maximum Gasteiger partial charge on any atom is 0.409 e. The first-order valence-corrected chi connectivity index (χ1v) is 26.9. The van der Waals surface area contributed by atoms with Gasteiger partial charge in [0.2, 0.25) is 18.4 Å². The van der Waals surface area contributed by atoms with E-state index in [0.717, 1.165) is 93.0 Å². The number of fused-ring (bicyclic) bond motifs is 6. The molecule has 0 bridgehead atoms. The first-order chi connectivity index (χ1) is 35.7. The van der Waals surface area contributed by atoms with Gasteiger partial charge in [0, 0.05) is 40.0 Å². The van der Waals surface area contributed by atoms with Crippen molar-refractivity contribution in [2.45, 2.75) is 141 Å². The van der Waals surface area contributed by atoms with Crippen molar-refractivity contribution < 1.29 is 42.9 Å². The monoisotopic (exact) mass is 1030 g/mol. The van der Waals surface area contributed by atoms with E-state index in [4.69, 9.17) is 33.7 Å². The number of hydrogen-bond acceptors (Lipinski definition) is 12. The summed E-state index contributed by atoms with van der Waals surface area (Å²) in [5, 5.41) is 6.48. The van der Waals surface area contributed by atoms with Crippen LogP contribution in [-0.2, 0) is 41.4 Å². The number of carbonyl (C=O) groups is 4. The van der Waals surface area contributed by atoms with E-state index in [2.05, 4.69) is 74.6 Å². The maximum atomic E-state index is 14.5. The van der Waals surface area contributed by atoms with Crippen molar-refractivity contribution in [1.82, 2.24) is 44.9 Å². The molecule has 8 atom stereocenters. The second-order valence-corrected chi connectivity index (χ2v) is 22.0. The van der Waals surface area contributed by atoms with Crippen LogP contribution in [0.25, 0.3) is 44.7 Å². The highest BCUT2D eigenvalue weighted by atomic mass is 32.1. The van der Waals surface area contributed by atoms with Crippen molar-refractivity contribution in [2.75, 3.05) is 27.3 Å². The Kier molecular flexibility index (Phi) is 13.5. The fraction of sp³-hybridized carbons (Fsp3) is 0.491. The van der Waals surface area contributed by atoms with Gasteiger partial charge in [-0.05, 0) is 146 Å². The molecule has 19 heteroatoms. The van der Waals surface area contributed by atoms with E-state index >= 15 is 0 Å². The van der Waals surface area contributed by atoms with Crippen LogP contribution in [0.5, 0.6) is 5.75 Å². The number of H-pyrrole nitrogens is 2. The van der Waals surface area contributed by atoms with Crippen LogP contribution < -0.4 is 15.4 Å². The molecule has 6 aromatic rings. The number of nitrogens with zero attached hydrogens (tertiary/aromatic N) is 5. The van der Waals surface area contributed by atoms with E-state index in [1.807, 2.05) is 56.3 Å². The number of aromatic amines is 2. The first kappa shape index (κ1) is 49.5. The Morgan fingerprint density at radius 2 is 1.46 bits per heavy atom. The van der Waals surface area contributed by atoms with Gasteiger partial charge in [-0.25, -0.2) is 19.6 Å². The van der Waals surface area contributed by atoms with E-state index in [0.29, 0.717) is 44.0 Å². The summed E-state index contributed by atoms with van der Waals surface area (Å²) in [7, 11) is 2.57. The lowest BCUT2D eigenvalue weighted by atomic mass is 9.85. The molecule has 18 nitrogen and oxygen atoms in total. The molecule has 0 spiro atoms. The van der Waals surface area contributed by atoms with Crippen molar-refractivity contribution in [2.24, 2.45) is 5.92 Å². The van der Waals surface area contributed by atoms with Crippen LogP contribution in [0.15, 0.2) is 54.9 Å². The molecular formula is C55H65N9O9S. The van der Waals surface area contributed by atoms with Crippen LogP contribution >= 0.6 is 11.3 Å². The van der Waals surface area contributed by atoms with E-state index < -0.39 is 30.7 Å². The molecule has 5 aliphatic rings. The van der Waals surface area contributed by atoms with Crippen molar-refractivity contribution in [3.63, 3.8) is 0 Å².